The molecule has 0 amide bonds. The summed E-state index contributed by atoms with van der Waals surface area (Å²) in [5.41, 5.74) is 0.497. The summed E-state index contributed by atoms with van der Waals surface area (Å²) in [6, 6.07) is 5.47. The Morgan fingerprint density at radius 1 is 1.22 bits per heavy atom. The van der Waals surface area contributed by atoms with Crippen LogP contribution in [-0.4, -0.2) is 43.8 Å². The topological polar surface area (TPSA) is 66.4 Å². The smallest absolute Gasteiger partial charge is 0.246 e. The van der Waals surface area contributed by atoms with E-state index < -0.39 is 20.7 Å². The fraction of sp³-hybridized carbons (Fsp3) is 0.286. The molecule has 0 atom stereocenters. The van der Waals surface area contributed by atoms with Gasteiger partial charge in [0, 0.05) is 27.3 Å². The maximum absolute atomic E-state index is 14.0. The Morgan fingerprint density at radius 2 is 1.91 bits per heavy atom. The van der Waals surface area contributed by atoms with Gasteiger partial charge in [0.15, 0.2) is 5.82 Å². The molecular formula is C14H16ClFN4O2S. The van der Waals surface area contributed by atoms with Crippen LogP contribution < -0.4 is 4.90 Å². The van der Waals surface area contributed by atoms with Gasteiger partial charge in [0.2, 0.25) is 16.0 Å². The van der Waals surface area contributed by atoms with Crippen LogP contribution in [0.15, 0.2) is 35.4 Å². The Kier molecular flexibility index (Phi) is 5.18. The number of halogens is 2. The zero-order valence-electron chi connectivity index (χ0n) is 12.9. The summed E-state index contributed by atoms with van der Waals surface area (Å²) in [6.07, 6.45) is 1.54. The van der Waals surface area contributed by atoms with Crippen molar-refractivity contribution in [3.63, 3.8) is 0 Å². The lowest BCUT2D eigenvalue weighted by Gasteiger charge is -2.18. The summed E-state index contributed by atoms with van der Waals surface area (Å²) < 4.78 is 40.0. The highest BCUT2D eigenvalue weighted by atomic mass is 35.5. The van der Waals surface area contributed by atoms with Crippen LogP contribution in [0.25, 0.3) is 0 Å². The van der Waals surface area contributed by atoms with Crippen molar-refractivity contribution in [3.05, 3.63) is 47.0 Å². The summed E-state index contributed by atoms with van der Waals surface area (Å²) in [7, 11) is 0.888. The maximum Gasteiger partial charge on any atom is 0.246 e. The minimum Gasteiger partial charge on any atom is -0.347 e. The molecule has 2 aromatic rings. The van der Waals surface area contributed by atoms with Crippen molar-refractivity contribution in [1.29, 1.82) is 0 Å². The van der Waals surface area contributed by atoms with Crippen molar-refractivity contribution in [2.45, 2.75) is 11.4 Å². The summed E-state index contributed by atoms with van der Waals surface area (Å²) in [5.74, 6) is -0.500. The highest BCUT2D eigenvalue weighted by Gasteiger charge is 2.26. The van der Waals surface area contributed by atoms with Gasteiger partial charge >= 0.3 is 0 Å². The molecule has 0 aliphatic rings. The van der Waals surface area contributed by atoms with Gasteiger partial charge in [0.05, 0.1) is 17.3 Å². The monoisotopic (exact) mass is 358 g/mol. The molecule has 124 valence electrons. The van der Waals surface area contributed by atoms with E-state index in [0.717, 1.165) is 4.31 Å². The summed E-state index contributed by atoms with van der Waals surface area (Å²) >= 11 is 5.66. The molecule has 0 unspecified atom stereocenters. The molecule has 0 spiro atoms. The number of rotatable bonds is 5. The molecule has 0 bridgehead atoms. The molecule has 0 saturated carbocycles. The predicted octanol–water partition coefficient (Wildman–Crippen LogP) is 2.16. The minimum absolute atomic E-state index is 0.0162. The molecule has 9 heteroatoms. The Morgan fingerprint density at radius 3 is 2.57 bits per heavy atom. The zero-order valence-corrected chi connectivity index (χ0v) is 14.4. The average Bonchev–Trinajstić information content (AvgIpc) is 2.50. The number of hydrogen-bond donors (Lipinski definition) is 0. The van der Waals surface area contributed by atoms with E-state index in [1.807, 2.05) is 0 Å². The molecule has 1 heterocycles. The van der Waals surface area contributed by atoms with Gasteiger partial charge in [0.25, 0.3) is 0 Å². The SMILES string of the molecule is CN(C)c1nccc(CN(C)S(=O)(=O)c2cccc(Cl)c2F)n1. The van der Waals surface area contributed by atoms with Crippen molar-refractivity contribution in [2.24, 2.45) is 0 Å². The lowest BCUT2D eigenvalue weighted by molar-refractivity contribution is 0.455. The maximum atomic E-state index is 14.0. The molecule has 6 nitrogen and oxygen atoms in total. The van der Waals surface area contributed by atoms with Crippen molar-refractivity contribution < 1.29 is 12.8 Å². The first-order chi connectivity index (χ1) is 10.7. The Bertz CT molecular complexity index is 814. The first-order valence-corrected chi connectivity index (χ1v) is 8.45. The molecule has 0 fully saturated rings. The van der Waals surface area contributed by atoms with Gasteiger partial charge in [-0.25, -0.2) is 22.8 Å². The summed E-state index contributed by atoms with van der Waals surface area (Å²) in [5, 5.41) is -0.239. The first-order valence-electron chi connectivity index (χ1n) is 6.63. The lowest BCUT2D eigenvalue weighted by Crippen LogP contribution is -2.28. The van der Waals surface area contributed by atoms with E-state index in [4.69, 9.17) is 11.6 Å². The molecule has 23 heavy (non-hydrogen) atoms. The third kappa shape index (κ3) is 3.77. The van der Waals surface area contributed by atoms with Crippen LogP contribution in [0, 0.1) is 5.82 Å². The van der Waals surface area contributed by atoms with E-state index in [0.29, 0.717) is 11.6 Å². The number of sulfonamides is 1. The number of benzene rings is 1. The predicted molar refractivity (Wildman–Crippen MR) is 86.4 cm³/mol. The molecule has 0 radical (unpaired) electrons. The van der Waals surface area contributed by atoms with E-state index >= 15 is 0 Å². The second-order valence-corrected chi connectivity index (χ2v) is 7.48. The van der Waals surface area contributed by atoms with Crippen LogP contribution in [-0.2, 0) is 16.6 Å². The third-order valence-corrected chi connectivity index (χ3v) is 5.20. The fourth-order valence-corrected chi connectivity index (χ4v) is 3.31. The highest BCUT2D eigenvalue weighted by molar-refractivity contribution is 7.89. The fourth-order valence-electron chi connectivity index (χ4n) is 1.85. The largest absolute Gasteiger partial charge is 0.347 e. The van der Waals surface area contributed by atoms with E-state index in [1.165, 1.54) is 31.4 Å². The van der Waals surface area contributed by atoms with E-state index in [2.05, 4.69) is 9.97 Å². The average molecular weight is 359 g/mol. The second-order valence-electron chi connectivity index (χ2n) is 5.06. The van der Waals surface area contributed by atoms with Crippen LogP contribution >= 0.6 is 11.6 Å². The van der Waals surface area contributed by atoms with Gasteiger partial charge in [-0.1, -0.05) is 17.7 Å². The van der Waals surface area contributed by atoms with Gasteiger partial charge in [0.1, 0.15) is 4.90 Å². The molecule has 0 saturated heterocycles. The molecular weight excluding hydrogens is 343 g/mol. The van der Waals surface area contributed by atoms with Crippen molar-refractivity contribution in [2.75, 3.05) is 26.0 Å². The Labute approximate surface area is 139 Å². The van der Waals surface area contributed by atoms with Crippen molar-refractivity contribution in [1.82, 2.24) is 14.3 Å². The van der Waals surface area contributed by atoms with E-state index in [-0.39, 0.29) is 11.6 Å². The van der Waals surface area contributed by atoms with Crippen LogP contribution in [0.5, 0.6) is 0 Å². The standard InChI is InChI=1S/C14H16ClFN4O2S/c1-19(2)14-17-8-7-10(18-14)9-20(3)23(21,22)12-6-4-5-11(15)13(12)16/h4-8H,9H2,1-3H3. The number of hydrogen-bond acceptors (Lipinski definition) is 5. The van der Waals surface area contributed by atoms with Gasteiger partial charge < -0.3 is 4.90 Å². The molecule has 0 N–H and O–H groups in total. The van der Waals surface area contributed by atoms with Crippen molar-refractivity contribution in [3.8, 4) is 0 Å². The Hall–Kier alpha value is -1.77. The normalized spacial score (nSPS) is 11.7. The number of nitrogens with zero attached hydrogens (tertiary/aromatic N) is 4. The number of aromatic nitrogens is 2. The van der Waals surface area contributed by atoms with Crippen LogP contribution in [0.1, 0.15) is 5.69 Å². The Balaban J connectivity index is 2.31. The summed E-state index contributed by atoms with van der Waals surface area (Å²) in [4.78, 5) is 9.55. The van der Waals surface area contributed by atoms with Crippen LogP contribution in [0.4, 0.5) is 10.3 Å². The molecule has 1 aromatic heterocycles. The minimum atomic E-state index is -4.02. The van der Waals surface area contributed by atoms with E-state index in [9.17, 15) is 12.8 Å². The van der Waals surface area contributed by atoms with Crippen molar-refractivity contribution >= 4 is 27.6 Å². The third-order valence-electron chi connectivity index (χ3n) is 3.09. The molecule has 0 aliphatic heterocycles. The highest BCUT2D eigenvalue weighted by Crippen LogP contribution is 2.24. The zero-order chi connectivity index (χ0) is 17.2. The lowest BCUT2D eigenvalue weighted by atomic mass is 10.3. The first kappa shape index (κ1) is 17.6. The second kappa shape index (κ2) is 6.77. The van der Waals surface area contributed by atoms with Gasteiger partial charge in [-0.2, -0.15) is 4.31 Å². The molecule has 2 rings (SSSR count). The number of anilines is 1. The molecule has 1 aromatic carbocycles. The van der Waals surface area contributed by atoms with E-state index in [1.54, 1.807) is 25.1 Å². The van der Waals surface area contributed by atoms with Gasteiger partial charge in [-0.05, 0) is 18.2 Å². The van der Waals surface area contributed by atoms with Crippen LogP contribution in [0.3, 0.4) is 0 Å². The van der Waals surface area contributed by atoms with Crippen LogP contribution in [0.2, 0.25) is 5.02 Å². The molecule has 0 aliphatic carbocycles. The van der Waals surface area contributed by atoms with Gasteiger partial charge in [-0.15, -0.1) is 0 Å². The summed E-state index contributed by atoms with van der Waals surface area (Å²) in [6.45, 7) is -0.0162. The quantitative estimate of drug-likeness (QED) is 0.819. The van der Waals surface area contributed by atoms with Gasteiger partial charge in [-0.3, -0.25) is 0 Å².